The molecule has 24 heavy (non-hydrogen) atoms. The number of carbonyl (C=O) groups is 1. The second kappa shape index (κ2) is 8.68. The average molecular weight is 381 g/mol. The SMILES string of the molecule is COc1ccccc1C=CC(=O)NC(=S)Nc1ccc(Cl)c(Cl)c1. The van der Waals surface area contributed by atoms with E-state index in [1.807, 2.05) is 24.3 Å². The summed E-state index contributed by atoms with van der Waals surface area (Å²) in [5.41, 5.74) is 1.42. The number of thiocarbonyl (C=S) groups is 1. The summed E-state index contributed by atoms with van der Waals surface area (Å²) in [4.78, 5) is 11.9. The molecule has 0 saturated carbocycles. The molecule has 0 aromatic heterocycles. The minimum Gasteiger partial charge on any atom is -0.496 e. The number of rotatable bonds is 4. The van der Waals surface area contributed by atoms with Crippen LogP contribution in [0.5, 0.6) is 5.75 Å². The molecule has 7 heteroatoms. The first-order valence-electron chi connectivity index (χ1n) is 6.87. The number of para-hydroxylation sites is 1. The fraction of sp³-hybridized carbons (Fsp3) is 0.0588. The van der Waals surface area contributed by atoms with Crippen LogP contribution in [0.4, 0.5) is 5.69 Å². The maximum Gasteiger partial charge on any atom is 0.250 e. The summed E-state index contributed by atoms with van der Waals surface area (Å²) < 4.78 is 5.21. The van der Waals surface area contributed by atoms with Gasteiger partial charge in [-0.1, -0.05) is 41.4 Å². The van der Waals surface area contributed by atoms with Crippen LogP contribution in [0.1, 0.15) is 5.56 Å². The van der Waals surface area contributed by atoms with Crippen molar-refractivity contribution in [2.24, 2.45) is 0 Å². The van der Waals surface area contributed by atoms with Gasteiger partial charge in [0, 0.05) is 17.3 Å². The van der Waals surface area contributed by atoms with E-state index < -0.39 is 0 Å². The molecule has 0 saturated heterocycles. The standard InChI is InChI=1S/C17H14Cl2N2O2S/c1-23-15-5-3-2-4-11(15)6-9-16(22)21-17(24)20-12-7-8-13(18)14(19)10-12/h2-10H,1H3,(H2,20,21,22,24). The molecule has 4 nitrogen and oxygen atoms in total. The second-order valence-corrected chi connectivity index (χ2v) is 5.87. The molecule has 0 aliphatic heterocycles. The third-order valence-corrected chi connectivity index (χ3v) is 3.91. The van der Waals surface area contributed by atoms with E-state index in [0.717, 1.165) is 5.56 Å². The lowest BCUT2D eigenvalue weighted by atomic mass is 10.2. The van der Waals surface area contributed by atoms with E-state index in [2.05, 4.69) is 10.6 Å². The van der Waals surface area contributed by atoms with Gasteiger partial charge in [0.25, 0.3) is 0 Å². The predicted octanol–water partition coefficient (Wildman–Crippen LogP) is 4.53. The van der Waals surface area contributed by atoms with Crippen LogP contribution in [-0.4, -0.2) is 18.1 Å². The van der Waals surface area contributed by atoms with Crippen molar-refractivity contribution >= 4 is 58.2 Å². The van der Waals surface area contributed by atoms with Crippen molar-refractivity contribution in [2.75, 3.05) is 12.4 Å². The van der Waals surface area contributed by atoms with Gasteiger partial charge in [0.05, 0.1) is 17.2 Å². The minimum absolute atomic E-state index is 0.156. The molecule has 2 aromatic carbocycles. The van der Waals surface area contributed by atoms with Crippen molar-refractivity contribution in [3.05, 3.63) is 64.1 Å². The van der Waals surface area contributed by atoms with Gasteiger partial charge >= 0.3 is 0 Å². The summed E-state index contributed by atoms with van der Waals surface area (Å²) in [5.74, 6) is 0.316. The van der Waals surface area contributed by atoms with Gasteiger partial charge in [-0.3, -0.25) is 10.1 Å². The normalized spacial score (nSPS) is 10.5. The molecule has 0 heterocycles. The Bertz CT molecular complexity index is 794. The van der Waals surface area contributed by atoms with E-state index in [1.165, 1.54) is 6.08 Å². The van der Waals surface area contributed by atoms with E-state index in [-0.39, 0.29) is 11.0 Å². The van der Waals surface area contributed by atoms with Gasteiger partial charge < -0.3 is 10.1 Å². The third-order valence-electron chi connectivity index (χ3n) is 2.97. The highest BCUT2D eigenvalue weighted by molar-refractivity contribution is 7.80. The summed E-state index contributed by atoms with van der Waals surface area (Å²) in [6.45, 7) is 0. The lowest BCUT2D eigenvalue weighted by Crippen LogP contribution is -2.32. The summed E-state index contributed by atoms with van der Waals surface area (Å²) in [7, 11) is 1.57. The van der Waals surface area contributed by atoms with Gasteiger partial charge in [-0.05, 0) is 42.6 Å². The van der Waals surface area contributed by atoms with E-state index >= 15 is 0 Å². The summed E-state index contributed by atoms with van der Waals surface area (Å²) in [6, 6.07) is 12.3. The largest absolute Gasteiger partial charge is 0.496 e. The molecule has 0 radical (unpaired) electrons. The molecule has 2 rings (SSSR count). The lowest BCUT2D eigenvalue weighted by molar-refractivity contribution is -0.115. The number of carbonyl (C=O) groups excluding carboxylic acids is 1. The number of nitrogens with one attached hydrogen (secondary N) is 2. The monoisotopic (exact) mass is 380 g/mol. The molecular formula is C17H14Cl2N2O2S. The molecule has 0 bridgehead atoms. The molecule has 0 spiro atoms. The van der Waals surface area contributed by atoms with Crippen molar-refractivity contribution in [3.63, 3.8) is 0 Å². The molecule has 0 fully saturated rings. The summed E-state index contributed by atoms with van der Waals surface area (Å²) in [6.07, 6.45) is 3.02. The summed E-state index contributed by atoms with van der Waals surface area (Å²) >= 11 is 16.9. The van der Waals surface area contributed by atoms with Crippen molar-refractivity contribution in [1.82, 2.24) is 5.32 Å². The molecule has 0 aliphatic carbocycles. The molecule has 2 N–H and O–H groups in total. The van der Waals surface area contributed by atoms with Crippen LogP contribution in [0.15, 0.2) is 48.5 Å². The van der Waals surface area contributed by atoms with Crippen LogP contribution >= 0.6 is 35.4 Å². The van der Waals surface area contributed by atoms with Gasteiger partial charge in [0.2, 0.25) is 5.91 Å². The van der Waals surface area contributed by atoms with E-state index in [4.69, 9.17) is 40.2 Å². The van der Waals surface area contributed by atoms with Crippen LogP contribution in [0.3, 0.4) is 0 Å². The average Bonchev–Trinajstić information content (AvgIpc) is 2.56. The molecule has 0 aliphatic rings. The minimum atomic E-state index is -0.363. The Morgan fingerprint density at radius 3 is 2.62 bits per heavy atom. The van der Waals surface area contributed by atoms with Crippen LogP contribution in [0, 0.1) is 0 Å². The fourth-order valence-corrected chi connectivity index (χ4v) is 2.38. The van der Waals surface area contributed by atoms with Crippen LogP contribution in [0.2, 0.25) is 10.0 Å². The zero-order valence-electron chi connectivity index (χ0n) is 12.7. The smallest absolute Gasteiger partial charge is 0.250 e. The van der Waals surface area contributed by atoms with Crippen molar-refractivity contribution in [3.8, 4) is 5.75 Å². The number of anilines is 1. The first-order chi connectivity index (χ1) is 11.5. The Balaban J connectivity index is 1.95. The molecule has 1 amide bonds. The zero-order chi connectivity index (χ0) is 17.5. The van der Waals surface area contributed by atoms with Gasteiger partial charge in [0.15, 0.2) is 5.11 Å². The maximum atomic E-state index is 11.9. The Morgan fingerprint density at radius 1 is 1.17 bits per heavy atom. The van der Waals surface area contributed by atoms with Crippen LogP contribution < -0.4 is 15.4 Å². The molecule has 0 unspecified atom stereocenters. The quantitative estimate of drug-likeness (QED) is 0.604. The topological polar surface area (TPSA) is 50.4 Å². The Labute approximate surface area is 155 Å². The van der Waals surface area contributed by atoms with Crippen LogP contribution in [0.25, 0.3) is 6.08 Å². The number of amides is 1. The van der Waals surface area contributed by atoms with Crippen molar-refractivity contribution < 1.29 is 9.53 Å². The van der Waals surface area contributed by atoms with E-state index in [0.29, 0.717) is 21.5 Å². The third kappa shape index (κ3) is 5.23. The van der Waals surface area contributed by atoms with E-state index in [1.54, 1.807) is 31.4 Å². The lowest BCUT2D eigenvalue weighted by Gasteiger charge is -2.09. The maximum absolute atomic E-state index is 11.9. The number of hydrogen-bond donors (Lipinski definition) is 2. The first-order valence-corrected chi connectivity index (χ1v) is 8.04. The molecule has 2 aromatic rings. The van der Waals surface area contributed by atoms with Crippen molar-refractivity contribution in [2.45, 2.75) is 0 Å². The van der Waals surface area contributed by atoms with Gasteiger partial charge in [-0.25, -0.2) is 0 Å². The molecular weight excluding hydrogens is 367 g/mol. The highest BCUT2D eigenvalue weighted by Crippen LogP contribution is 2.24. The molecule has 124 valence electrons. The number of methoxy groups -OCH3 is 1. The fourth-order valence-electron chi connectivity index (χ4n) is 1.86. The zero-order valence-corrected chi connectivity index (χ0v) is 15.0. The number of benzene rings is 2. The number of halogens is 2. The Hall–Kier alpha value is -2.08. The van der Waals surface area contributed by atoms with Gasteiger partial charge in [-0.2, -0.15) is 0 Å². The number of hydrogen-bond acceptors (Lipinski definition) is 3. The highest BCUT2D eigenvalue weighted by atomic mass is 35.5. The van der Waals surface area contributed by atoms with E-state index in [9.17, 15) is 4.79 Å². The Kier molecular flexibility index (Phi) is 6.61. The molecule has 0 atom stereocenters. The highest BCUT2D eigenvalue weighted by Gasteiger charge is 2.04. The number of ether oxygens (including phenoxy) is 1. The Morgan fingerprint density at radius 2 is 1.92 bits per heavy atom. The van der Waals surface area contributed by atoms with Crippen molar-refractivity contribution in [1.29, 1.82) is 0 Å². The predicted molar refractivity (Wildman–Crippen MR) is 103 cm³/mol. The van der Waals surface area contributed by atoms with Gasteiger partial charge in [0.1, 0.15) is 5.75 Å². The first kappa shape index (κ1) is 18.3. The second-order valence-electron chi connectivity index (χ2n) is 4.65. The van der Waals surface area contributed by atoms with Crippen LogP contribution in [-0.2, 0) is 4.79 Å². The summed E-state index contributed by atoms with van der Waals surface area (Å²) in [5, 5.41) is 6.40. The van der Waals surface area contributed by atoms with Gasteiger partial charge in [-0.15, -0.1) is 0 Å².